The Hall–Kier alpha value is -0.800. The van der Waals surface area contributed by atoms with E-state index in [0.717, 1.165) is 5.56 Å². The molecule has 0 radical (unpaired) electrons. The maximum Gasteiger partial charge on any atom is 0.219 e. The predicted octanol–water partition coefficient (Wildman–Crippen LogP) is 1.93. The molecule has 3 nitrogen and oxygen atoms in total. The number of hydrogen-bond acceptors (Lipinski definition) is 3. The smallest absolute Gasteiger partial charge is 0.219 e. The fourth-order valence-corrected chi connectivity index (χ4v) is 1.20. The first-order chi connectivity index (χ1) is 6.20. The molecule has 0 unspecified atom stereocenters. The molecule has 1 heterocycles. The Labute approximate surface area is 82.3 Å². The molecular weight excluding hydrogens is 190 g/mol. The molecule has 1 rings (SSSR count). The van der Waals surface area contributed by atoms with E-state index in [1.54, 1.807) is 0 Å². The molecule has 0 saturated carbocycles. The summed E-state index contributed by atoms with van der Waals surface area (Å²) >= 11 is 5.84. The van der Waals surface area contributed by atoms with Crippen LogP contribution in [0.3, 0.4) is 0 Å². The summed E-state index contributed by atoms with van der Waals surface area (Å²) in [5.41, 5.74) is 1.48. The van der Waals surface area contributed by atoms with E-state index in [1.807, 2.05) is 13.8 Å². The third kappa shape index (κ3) is 2.11. The highest BCUT2D eigenvalue weighted by molar-refractivity contribution is 6.31. The standard InChI is InChI=1S/C9H12ClNO2/c1-3-13-9-7(5-12)6(2)8(10)4-11-9/h4,12H,3,5H2,1-2H3. The van der Waals surface area contributed by atoms with Gasteiger partial charge in [-0.3, -0.25) is 0 Å². The van der Waals surface area contributed by atoms with Gasteiger partial charge in [0.1, 0.15) is 0 Å². The van der Waals surface area contributed by atoms with Gasteiger partial charge < -0.3 is 9.84 Å². The molecule has 4 heteroatoms. The second-order valence-electron chi connectivity index (χ2n) is 2.61. The molecule has 0 fully saturated rings. The lowest BCUT2D eigenvalue weighted by atomic mass is 10.1. The monoisotopic (exact) mass is 201 g/mol. The molecule has 0 saturated heterocycles. The van der Waals surface area contributed by atoms with Crippen molar-refractivity contribution in [3.63, 3.8) is 0 Å². The van der Waals surface area contributed by atoms with Gasteiger partial charge in [-0.25, -0.2) is 4.98 Å². The fourth-order valence-electron chi connectivity index (χ4n) is 1.04. The number of aliphatic hydroxyl groups is 1. The molecule has 0 aliphatic carbocycles. The van der Waals surface area contributed by atoms with Gasteiger partial charge in [0.2, 0.25) is 5.88 Å². The van der Waals surface area contributed by atoms with Crippen LogP contribution in [0.2, 0.25) is 5.02 Å². The third-order valence-electron chi connectivity index (χ3n) is 1.80. The number of rotatable bonds is 3. The molecule has 0 bridgehead atoms. The summed E-state index contributed by atoms with van der Waals surface area (Å²) in [5, 5.41) is 9.62. The minimum absolute atomic E-state index is 0.102. The lowest BCUT2D eigenvalue weighted by Crippen LogP contribution is -2.01. The number of hydrogen-bond donors (Lipinski definition) is 1. The number of aliphatic hydroxyl groups excluding tert-OH is 1. The average Bonchev–Trinajstić information content (AvgIpc) is 2.12. The van der Waals surface area contributed by atoms with Gasteiger partial charge in [0.05, 0.1) is 18.2 Å². The Kier molecular flexibility index (Phi) is 3.51. The molecule has 0 amide bonds. The van der Waals surface area contributed by atoms with Crippen LogP contribution in [0.1, 0.15) is 18.1 Å². The van der Waals surface area contributed by atoms with Gasteiger partial charge in [0, 0.05) is 11.8 Å². The van der Waals surface area contributed by atoms with E-state index in [-0.39, 0.29) is 6.61 Å². The van der Waals surface area contributed by atoms with Crippen LogP contribution in [-0.4, -0.2) is 16.7 Å². The first kappa shape index (κ1) is 10.3. The van der Waals surface area contributed by atoms with Crippen molar-refractivity contribution >= 4 is 11.6 Å². The molecule has 1 aromatic heterocycles. The van der Waals surface area contributed by atoms with Gasteiger partial charge in [-0.05, 0) is 19.4 Å². The molecule has 0 aliphatic heterocycles. The predicted molar refractivity (Wildman–Crippen MR) is 51.1 cm³/mol. The van der Waals surface area contributed by atoms with E-state index in [9.17, 15) is 0 Å². The van der Waals surface area contributed by atoms with Gasteiger partial charge in [-0.1, -0.05) is 11.6 Å². The molecule has 72 valence electrons. The molecule has 0 atom stereocenters. The summed E-state index contributed by atoms with van der Waals surface area (Å²) in [4.78, 5) is 3.99. The molecule has 0 aliphatic rings. The summed E-state index contributed by atoms with van der Waals surface area (Å²) in [6.45, 7) is 4.13. The minimum atomic E-state index is -0.102. The van der Waals surface area contributed by atoms with Crippen molar-refractivity contribution in [3.8, 4) is 5.88 Å². The van der Waals surface area contributed by atoms with Crippen molar-refractivity contribution in [2.75, 3.05) is 6.61 Å². The van der Waals surface area contributed by atoms with Gasteiger partial charge >= 0.3 is 0 Å². The van der Waals surface area contributed by atoms with Crippen LogP contribution < -0.4 is 4.74 Å². The number of ether oxygens (including phenoxy) is 1. The quantitative estimate of drug-likeness (QED) is 0.813. The SMILES string of the molecule is CCOc1ncc(Cl)c(C)c1CO. The highest BCUT2D eigenvalue weighted by atomic mass is 35.5. The normalized spacial score (nSPS) is 10.2. The molecule has 0 aromatic carbocycles. The summed E-state index contributed by atoms with van der Waals surface area (Å²) in [6, 6.07) is 0. The lowest BCUT2D eigenvalue weighted by Gasteiger charge is -2.10. The molecule has 1 aromatic rings. The number of nitrogens with zero attached hydrogens (tertiary/aromatic N) is 1. The summed E-state index contributed by atoms with van der Waals surface area (Å²) in [5.74, 6) is 0.465. The second-order valence-corrected chi connectivity index (χ2v) is 3.01. The molecular formula is C9H12ClNO2. The Bertz CT molecular complexity index is 302. The summed E-state index contributed by atoms with van der Waals surface area (Å²) < 4.78 is 5.23. The Balaban J connectivity index is 3.13. The number of aromatic nitrogens is 1. The summed E-state index contributed by atoms with van der Waals surface area (Å²) in [7, 11) is 0. The van der Waals surface area contributed by atoms with Gasteiger partial charge in [0.15, 0.2) is 0 Å². The van der Waals surface area contributed by atoms with Crippen LogP contribution in [0, 0.1) is 6.92 Å². The van der Waals surface area contributed by atoms with E-state index in [4.69, 9.17) is 21.4 Å². The van der Waals surface area contributed by atoms with Crippen LogP contribution in [-0.2, 0) is 6.61 Å². The molecule has 1 N–H and O–H groups in total. The van der Waals surface area contributed by atoms with E-state index >= 15 is 0 Å². The van der Waals surface area contributed by atoms with Gasteiger partial charge in [0.25, 0.3) is 0 Å². The minimum Gasteiger partial charge on any atom is -0.478 e. The van der Waals surface area contributed by atoms with Crippen LogP contribution in [0.25, 0.3) is 0 Å². The largest absolute Gasteiger partial charge is 0.478 e. The Morgan fingerprint density at radius 3 is 2.85 bits per heavy atom. The van der Waals surface area contributed by atoms with E-state index in [0.29, 0.717) is 23.1 Å². The maximum absolute atomic E-state index is 9.07. The van der Waals surface area contributed by atoms with Crippen LogP contribution >= 0.6 is 11.6 Å². The van der Waals surface area contributed by atoms with Crippen molar-refractivity contribution in [1.29, 1.82) is 0 Å². The first-order valence-corrected chi connectivity index (χ1v) is 4.46. The zero-order valence-corrected chi connectivity index (χ0v) is 8.43. The number of halogens is 1. The number of pyridine rings is 1. The Morgan fingerprint density at radius 2 is 2.31 bits per heavy atom. The van der Waals surface area contributed by atoms with Crippen LogP contribution in [0.15, 0.2) is 6.20 Å². The van der Waals surface area contributed by atoms with E-state index in [1.165, 1.54) is 6.20 Å². The van der Waals surface area contributed by atoms with Crippen molar-refractivity contribution in [2.45, 2.75) is 20.5 Å². The van der Waals surface area contributed by atoms with E-state index < -0.39 is 0 Å². The molecule has 0 spiro atoms. The zero-order valence-electron chi connectivity index (χ0n) is 7.67. The maximum atomic E-state index is 9.07. The van der Waals surface area contributed by atoms with Crippen molar-refractivity contribution in [2.24, 2.45) is 0 Å². The van der Waals surface area contributed by atoms with Crippen LogP contribution in [0.4, 0.5) is 0 Å². The highest BCUT2D eigenvalue weighted by Gasteiger charge is 2.09. The van der Waals surface area contributed by atoms with E-state index in [2.05, 4.69) is 4.98 Å². The van der Waals surface area contributed by atoms with Crippen LogP contribution in [0.5, 0.6) is 5.88 Å². The third-order valence-corrected chi connectivity index (χ3v) is 2.18. The first-order valence-electron chi connectivity index (χ1n) is 4.08. The van der Waals surface area contributed by atoms with Gasteiger partial charge in [-0.2, -0.15) is 0 Å². The summed E-state index contributed by atoms with van der Waals surface area (Å²) in [6.07, 6.45) is 1.53. The Morgan fingerprint density at radius 1 is 1.62 bits per heavy atom. The topological polar surface area (TPSA) is 42.4 Å². The lowest BCUT2D eigenvalue weighted by molar-refractivity contribution is 0.262. The average molecular weight is 202 g/mol. The fraction of sp³-hybridized carbons (Fsp3) is 0.444. The zero-order chi connectivity index (χ0) is 9.84. The van der Waals surface area contributed by atoms with Crippen molar-refractivity contribution in [1.82, 2.24) is 4.98 Å². The van der Waals surface area contributed by atoms with Gasteiger partial charge in [-0.15, -0.1) is 0 Å². The van der Waals surface area contributed by atoms with Crippen molar-refractivity contribution in [3.05, 3.63) is 22.3 Å². The molecule has 13 heavy (non-hydrogen) atoms. The van der Waals surface area contributed by atoms with Crippen molar-refractivity contribution < 1.29 is 9.84 Å². The second kappa shape index (κ2) is 4.44. The highest BCUT2D eigenvalue weighted by Crippen LogP contribution is 2.25.